The van der Waals surface area contributed by atoms with Crippen molar-refractivity contribution in [2.45, 2.75) is 135 Å². The summed E-state index contributed by atoms with van der Waals surface area (Å²) in [6, 6.07) is -1.56. The van der Waals surface area contributed by atoms with Gasteiger partial charge < -0.3 is 25.2 Å². The SMILES string of the molecule is CC/C=C\C/C=C\C/C=C\C/C=C\C/C=C\C/C=C\C/C=C\CC(=O)OCC(O)COP(=O)(O)OCC(NC(=O)CCCCCCCCCC)C(=O)O. The van der Waals surface area contributed by atoms with E-state index in [-0.39, 0.29) is 12.8 Å². The van der Waals surface area contributed by atoms with Gasteiger partial charge in [0.2, 0.25) is 5.91 Å². The number of rotatable bonds is 34. The van der Waals surface area contributed by atoms with E-state index in [1.54, 1.807) is 6.08 Å². The number of hydrogen-bond acceptors (Lipinski definition) is 8. The lowest BCUT2D eigenvalue weighted by Crippen LogP contribution is -2.43. The molecular weight excluding hydrogens is 697 g/mol. The van der Waals surface area contributed by atoms with Gasteiger partial charge in [-0.15, -0.1) is 0 Å². The van der Waals surface area contributed by atoms with E-state index in [2.05, 4.69) is 79.9 Å². The van der Waals surface area contributed by atoms with Crippen molar-refractivity contribution in [3.8, 4) is 0 Å². The lowest BCUT2D eigenvalue weighted by atomic mass is 10.1. The van der Waals surface area contributed by atoms with Crippen LogP contribution in [-0.2, 0) is 32.7 Å². The Morgan fingerprint density at radius 1 is 0.623 bits per heavy atom. The molecule has 0 aliphatic heterocycles. The van der Waals surface area contributed by atoms with Crippen LogP contribution in [0.15, 0.2) is 85.1 Å². The number of carboxylic acid groups (broad SMARTS) is 1. The molecule has 0 spiro atoms. The largest absolute Gasteiger partial charge is 0.480 e. The number of allylic oxidation sites excluding steroid dienone is 13. The van der Waals surface area contributed by atoms with Crippen LogP contribution in [0.2, 0.25) is 0 Å². The van der Waals surface area contributed by atoms with Gasteiger partial charge in [0, 0.05) is 6.42 Å². The summed E-state index contributed by atoms with van der Waals surface area (Å²) in [6.07, 6.45) is 42.4. The molecule has 0 aromatic carbocycles. The summed E-state index contributed by atoms with van der Waals surface area (Å²) in [5.41, 5.74) is 0. The molecule has 0 saturated carbocycles. The number of nitrogens with one attached hydrogen (secondary N) is 1. The second-order valence-corrected chi connectivity index (χ2v) is 13.9. The van der Waals surface area contributed by atoms with Crippen LogP contribution in [0.5, 0.6) is 0 Å². The third kappa shape index (κ3) is 35.5. The van der Waals surface area contributed by atoms with Crippen LogP contribution < -0.4 is 5.32 Å². The monoisotopic (exact) mass is 763 g/mol. The molecule has 0 aliphatic rings. The molecule has 0 fully saturated rings. The molecule has 0 heterocycles. The van der Waals surface area contributed by atoms with E-state index < -0.39 is 57.6 Å². The van der Waals surface area contributed by atoms with Gasteiger partial charge in [-0.3, -0.25) is 18.6 Å². The van der Waals surface area contributed by atoms with Gasteiger partial charge in [0.15, 0.2) is 6.04 Å². The zero-order chi connectivity index (χ0) is 39.3. The van der Waals surface area contributed by atoms with Gasteiger partial charge in [-0.2, -0.15) is 0 Å². The van der Waals surface area contributed by atoms with Crippen molar-refractivity contribution in [3.05, 3.63) is 85.1 Å². The van der Waals surface area contributed by atoms with E-state index in [4.69, 9.17) is 13.8 Å². The first-order valence-corrected chi connectivity index (χ1v) is 20.6. The molecule has 0 rings (SSSR count). The Morgan fingerprint density at radius 2 is 1.06 bits per heavy atom. The summed E-state index contributed by atoms with van der Waals surface area (Å²) < 4.78 is 26.6. The molecule has 300 valence electrons. The predicted molar refractivity (Wildman–Crippen MR) is 212 cm³/mol. The van der Waals surface area contributed by atoms with Gasteiger partial charge >= 0.3 is 19.8 Å². The maximum absolute atomic E-state index is 12.2. The first kappa shape index (κ1) is 49.7. The van der Waals surface area contributed by atoms with Gasteiger partial charge in [0.25, 0.3) is 0 Å². The fourth-order valence-electron chi connectivity index (χ4n) is 4.52. The second-order valence-electron chi connectivity index (χ2n) is 12.4. The minimum absolute atomic E-state index is 0.0147. The number of phosphoric acid groups is 1. The number of carbonyl (C=O) groups is 3. The van der Waals surface area contributed by atoms with E-state index in [1.165, 1.54) is 19.3 Å². The highest BCUT2D eigenvalue weighted by Gasteiger charge is 2.28. The van der Waals surface area contributed by atoms with Crippen molar-refractivity contribution < 1.29 is 47.8 Å². The highest BCUT2D eigenvalue weighted by atomic mass is 31.2. The molecule has 12 heteroatoms. The molecule has 1 amide bonds. The quantitative estimate of drug-likeness (QED) is 0.0215. The minimum atomic E-state index is -4.77. The van der Waals surface area contributed by atoms with Gasteiger partial charge in [-0.05, 0) is 51.4 Å². The van der Waals surface area contributed by atoms with Gasteiger partial charge in [-0.1, -0.05) is 144 Å². The average molecular weight is 764 g/mol. The number of esters is 1. The van der Waals surface area contributed by atoms with Crippen molar-refractivity contribution in [2.75, 3.05) is 19.8 Å². The summed E-state index contributed by atoms with van der Waals surface area (Å²) >= 11 is 0. The molecule has 0 radical (unpaired) electrons. The fourth-order valence-corrected chi connectivity index (χ4v) is 5.29. The Kier molecular flexibility index (Phi) is 33.4. The Balaban J connectivity index is 4.07. The summed E-state index contributed by atoms with van der Waals surface area (Å²) in [4.78, 5) is 45.5. The number of phosphoric ester groups is 1. The molecule has 0 bridgehead atoms. The van der Waals surface area contributed by atoms with E-state index in [9.17, 15) is 34.1 Å². The van der Waals surface area contributed by atoms with E-state index >= 15 is 0 Å². The standard InChI is InChI=1S/C41H66NO10P/c1-3-5-7-9-11-13-14-15-16-17-18-19-20-21-22-23-24-25-27-29-31-33-40(45)50-34-37(43)35-51-53(48,49)52-36-38(41(46)47)42-39(44)32-30-28-26-12-10-8-6-4-2/h5,7,11,13,15-16,18-19,21-22,24-25,29,31,37-38,43H,3-4,6,8-10,12,14,17,20,23,26-28,30,32-36H2,1-2H3,(H,42,44)(H,46,47)(H,48,49)/b7-5-,13-11-,16-15-,19-18-,22-21-,25-24-,31-29-. The number of carbonyl (C=O) groups excluding carboxylic acids is 2. The van der Waals surface area contributed by atoms with Crippen LogP contribution in [0.25, 0.3) is 0 Å². The number of aliphatic hydroxyl groups is 1. The van der Waals surface area contributed by atoms with Crippen molar-refractivity contribution in [1.29, 1.82) is 0 Å². The fraction of sp³-hybridized carbons (Fsp3) is 0.585. The molecule has 11 nitrogen and oxygen atoms in total. The maximum Gasteiger partial charge on any atom is 0.472 e. The summed E-state index contributed by atoms with van der Waals surface area (Å²) in [5.74, 6) is -2.53. The van der Waals surface area contributed by atoms with Crippen LogP contribution in [0.4, 0.5) is 0 Å². The van der Waals surface area contributed by atoms with E-state index in [1.807, 2.05) is 18.2 Å². The van der Waals surface area contributed by atoms with E-state index in [0.29, 0.717) is 12.8 Å². The minimum Gasteiger partial charge on any atom is -0.480 e. The smallest absolute Gasteiger partial charge is 0.472 e. The number of ether oxygens (including phenoxy) is 1. The molecule has 3 atom stereocenters. The summed E-state index contributed by atoms with van der Waals surface area (Å²) in [5, 5.41) is 21.6. The van der Waals surface area contributed by atoms with Crippen LogP contribution >= 0.6 is 7.82 Å². The first-order chi connectivity index (χ1) is 25.6. The molecule has 0 aliphatic carbocycles. The Hall–Kier alpha value is -3.34. The van der Waals surface area contributed by atoms with E-state index in [0.717, 1.165) is 64.2 Å². The normalized spacial score (nSPS) is 14.8. The molecule has 4 N–H and O–H groups in total. The molecule has 53 heavy (non-hydrogen) atoms. The molecular formula is C41H66NO10P. The molecule has 0 aromatic rings. The number of aliphatic hydroxyl groups excluding tert-OH is 1. The van der Waals surface area contributed by atoms with Crippen molar-refractivity contribution in [2.24, 2.45) is 0 Å². The van der Waals surface area contributed by atoms with Crippen LogP contribution in [0.3, 0.4) is 0 Å². The number of hydrogen-bond donors (Lipinski definition) is 4. The highest BCUT2D eigenvalue weighted by molar-refractivity contribution is 7.47. The Morgan fingerprint density at radius 3 is 1.53 bits per heavy atom. The van der Waals surface area contributed by atoms with Crippen LogP contribution in [-0.4, -0.2) is 64.9 Å². The van der Waals surface area contributed by atoms with Gasteiger partial charge in [0.1, 0.15) is 12.7 Å². The van der Waals surface area contributed by atoms with Crippen molar-refractivity contribution >= 4 is 25.7 Å². The van der Waals surface area contributed by atoms with Crippen LogP contribution in [0.1, 0.15) is 123 Å². The number of carboxylic acids is 1. The number of unbranched alkanes of at least 4 members (excludes halogenated alkanes) is 7. The third-order valence-electron chi connectivity index (χ3n) is 7.48. The topological polar surface area (TPSA) is 169 Å². The first-order valence-electron chi connectivity index (χ1n) is 19.1. The van der Waals surface area contributed by atoms with Gasteiger partial charge in [-0.25, -0.2) is 9.36 Å². The zero-order valence-electron chi connectivity index (χ0n) is 32.0. The van der Waals surface area contributed by atoms with Crippen molar-refractivity contribution in [1.82, 2.24) is 5.32 Å². The average Bonchev–Trinajstić information content (AvgIpc) is 3.13. The third-order valence-corrected chi connectivity index (χ3v) is 8.43. The lowest BCUT2D eigenvalue weighted by Gasteiger charge is -2.18. The molecule has 0 aromatic heterocycles. The zero-order valence-corrected chi connectivity index (χ0v) is 32.9. The van der Waals surface area contributed by atoms with Crippen molar-refractivity contribution in [3.63, 3.8) is 0 Å². The van der Waals surface area contributed by atoms with Gasteiger partial charge in [0.05, 0.1) is 19.6 Å². The molecule has 3 unspecified atom stereocenters. The molecule has 0 saturated heterocycles. The predicted octanol–water partition coefficient (Wildman–Crippen LogP) is 9.16. The maximum atomic E-state index is 12.2. The van der Waals surface area contributed by atoms with Crippen LogP contribution in [0, 0.1) is 0 Å². The number of aliphatic carboxylic acids is 1. The Bertz CT molecular complexity index is 1220. The summed E-state index contributed by atoms with van der Waals surface area (Å²) in [7, 11) is -4.77. The summed E-state index contributed by atoms with van der Waals surface area (Å²) in [6.45, 7) is 2.28. The highest BCUT2D eigenvalue weighted by Crippen LogP contribution is 2.43. The second kappa shape index (κ2) is 35.7. The number of amides is 1. The lowest BCUT2D eigenvalue weighted by molar-refractivity contribution is -0.146. The Labute approximate surface area is 318 Å².